The maximum absolute atomic E-state index is 12.9. The van der Waals surface area contributed by atoms with E-state index in [1.54, 1.807) is 0 Å². The van der Waals surface area contributed by atoms with E-state index in [1.165, 1.54) is 128 Å². The summed E-state index contributed by atoms with van der Waals surface area (Å²) in [5.41, 5.74) is 0. The summed E-state index contributed by atoms with van der Waals surface area (Å²) in [7, 11) is 0. The molecule has 0 amide bonds. The minimum atomic E-state index is -0.789. The van der Waals surface area contributed by atoms with Gasteiger partial charge in [0.1, 0.15) is 13.2 Å². The zero-order valence-corrected chi connectivity index (χ0v) is 51.6. The molecule has 0 aliphatic carbocycles. The lowest BCUT2D eigenvalue weighted by Crippen LogP contribution is -2.30. The molecule has 0 spiro atoms. The van der Waals surface area contributed by atoms with Gasteiger partial charge in [-0.2, -0.15) is 0 Å². The fourth-order valence-corrected chi connectivity index (χ4v) is 9.02. The first kappa shape index (κ1) is 74.8. The van der Waals surface area contributed by atoms with Gasteiger partial charge in [0.25, 0.3) is 0 Å². The third-order valence-electron chi connectivity index (χ3n) is 14.0. The highest BCUT2D eigenvalue weighted by molar-refractivity contribution is 5.71. The molecular weight excluding hydrogens is 973 g/mol. The average molecular weight is 1100 g/mol. The number of hydrogen-bond donors (Lipinski definition) is 0. The van der Waals surface area contributed by atoms with E-state index in [2.05, 4.69) is 142 Å². The largest absolute Gasteiger partial charge is 0.462 e. The van der Waals surface area contributed by atoms with E-state index < -0.39 is 6.10 Å². The van der Waals surface area contributed by atoms with Gasteiger partial charge in [0, 0.05) is 19.3 Å². The Bertz CT molecular complexity index is 1640. The van der Waals surface area contributed by atoms with Crippen molar-refractivity contribution in [3.05, 3.63) is 122 Å². The zero-order chi connectivity index (χ0) is 57.1. The fraction of sp³-hybridized carbons (Fsp3) is 0.685. The minimum Gasteiger partial charge on any atom is -0.462 e. The van der Waals surface area contributed by atoms with Gasteiger partial charge in [-0.15, -0.1) is 0 Å². The van der Waals surface area contributed by atoms with Crippen LogP contribution in [0.25, 0.3) is 0 Å². The molecule has 0 aromatic rings. The standard InChI is InChI=1S/C73H122O6/c1-4-7-10-13-16-19-22-24-26-28-29-30-31-32-33-34-35-36-37-38-39-40-41-42-43-45-46-48-51-54-57-60-63-66-72(75)78-69-70(68-77-71(74)65-62-59-56-53-50-21-18-15-12-9-6-3)79-73(76)67-64-61-58-55-52-49-47-44-27-25-23-20-17-14-11-8-5-2/h7,10,16,19,24-27,29-30,32-33,35-36,38-39,41-42,45-46,70H,4-6,8-9,11-15,17-18,20-23,28,31,34,37,40,43-44,47-69H2,1-3H3/b10-7-,19-16-,26-24-,27-25-,30-29-,33-32-,36-35-,39-38-,42-41-,46-45-. The van der Waals surface area contributed by atoms with Crippen molar-refractivity contribution in [2.75, 3.05) is 13.2 Å². The van der Waals surface area contributed by atoms with E-state index in [0.29, 0.717) is 19.3 Å². The third kappa shape index (κ3) is 64.5. The molecule has 0 rings (SSSR count). The molecule has 0 radical (unpaired) electrons. The summed E-state index contributed by atoms with van der Waals surface area (Å²) in [6.07, 6.45) is 92.1. The van der Waals surface area contributed by atoms with Crippen LogP contribution < -0.4 is 0 Å². The van der Waals surface area contributed by atoms with Gasteiger partial charge in [0.15, 0.2) is 6.10 Å². The van der Waals surface area contributed by atoms with Crippen molar-refractivity contribution in [3.8, 4) is 0 Å². The predicted octanol–water partition coefficient (Wildman–Crippen LogP) is 22.8. The van der Waals surface area contributed by atoms with E-state index >= 15 is 0 Å². The highest BCUT2D eigenvalue weighted by atomic mass is 16.6. The van der Waals surface area contributed by atoms with E-state index in [-0.39, 0.29) is 31.1 Å². The second kappa shape index (κ2) is 66.3. The Labute approximate surface area is 488 Å². The van der Waals surface area contributed by atoms with Gasteiger partial charge in [-0.05, 0) is 116 Å². The van der Waals surface area contributed by atoms with Crippen LogP contribution in [0.2, 0.25) is 0 Å². The molecule has 6 nitrogen and oxygen atoms in total. The van der Waals surface area contributed by atoms with Gasteiger partial charge in [0.2, 0.25) is 0 Å². The maximum atomic E-state index is 12.9. The Morgan fingerprint density at radius 2 is 0.494 bits per heavy atom. The molecule has 450 valence electrons. The van der Waals surface area contributed by atoms with Crippen molar-refractivity contribution < 1.29 is 28.6 Å². The number of carbonyl (C=O) groups excluding carboxylic acids is 3. The molecular formula is C73H122O6. The summed E-state index contributed by atoms with van der Waals surface area (Å²) >= 11 is 0. The molecule has 0 saturated carbocycles. The van der Waals surface area contributed by atoms with Crippen LogP contribution in [-0.2, 0) is 28.6 Å². The maximum Gasteiger partial charge on any atom is 0.306 e. The van der Waals surface area contributed by atoms with Crippen LogP contribution in [0, 0.1) is 0 Å². The van der Waals surface area contributed by atoms with E-state index in [1.807, 2.05) is 0 Å². The Kier molecular flexibility index (Phi) is 62.8. The van der Waals surface area contributed by atoms with Crippen LogP contribution >= 0.6 is 0 Å². The van der Waals surface area contributed by atoms with E-state index in [4.69, 9.17) is 14.2 Å². The zero-order valence-electron chi connectivity index (χ0n) is 51.6. The molecule has 79 heavy (non-hydrogen) atoms. The quantitative estimate of drug-likeness (QED) is 0.0261. The number of allylic oxidation sites excluding steroid dienone is 20. The van der Waals surface area contributed by atoms with Crippen LogP contribution in [0.3, 0.4) is 0 Å². The van der Waals surface area contributed by atoms with Crippen LogP contribution in [-0.4, -0.2) is 37.2 Å². The van der Waals surface area contributed by atoms with E-state index in [0.717, 1.165) is 135 Å². The van der Waals surface area contributed by atoms with Gasteiger partial charge < -0.3 is 14.2 Å². The van der Waals surface area contributed by atoms with Gasteiger partial charge in [-0.25, -0.2) is 0 Å². The number of hydrogen-bond acceptors (Lipinski definition) is 6. The highest BCUT2D eigenvalue weighted by Crippen LogP contribution is 2.15. The third-order valence-corrected chi connectivity index (χ3v) is 14.0. The Morgan fingerprint density at radius 1 is 0.266 bits per heavy atom. The molecule has 0 saturated heterocycles. The topological polar surface area (TPSA) is 78.9 Å². The monoisotopic (exact) mass is 1090 g/mol. The molecule has 0 fully saturated rings. The molecule has 0 heterocycles. The van der Waals surface area contributed by atoms with Crippen molar-refractivity contribution >= 4 is 17.9 Å². The Morgan fingerprint density at radius 3 is 0.785 bits per heavy atom. The number of carbonyl (C=O) groups is 3. The summed E-state index contributed by atoms with van der Waals surface area (Å²) in [5.74, 6) is -0.904. The van der Waals surface area contributed by atoms with Gasteiger partial charge in [-0.3, -0.25) is 14.4 Å². The Balaban J connectivity index is 4.29. The first-order valence-corrected chi connectivity index (χ1v) is 33.0. The van der Waals surface area contributed by atoms with Crippen LogP contribution in [0.5, 0.6) is 0 Å². The van der Waals surface area contributed by atoms with E-state index in [9.17, 15) is 14.4 Å². The number of unbranched alkanes of at least 4 members (excludes halogenated alkanes) is 28. The first-order valence-electron chi connectivity index (χ1n) is 33.0. The van der Waals surface area contributed by atoms with Crippen LogP contribution in [0.15, 0.2) is 122 Å². The second-order valence-electron chi connectivity index (χ2n) is 21.6. The lowest BCUT2D eigenvalue weighted by atomic mass is 10.1. The summed E-state index contributed by atoms with van der Waals surface area (Å²) in [6, 6.07) is 0. The van der Waals surface area contributed by atoms with Crippen molar-refractivity contribution in [2.45, 2.75) is 309 Å². The number of esters is 3. The summed E-state index contributed by atoms with van der Waals surface area (Å²) < 4.78 is 16.9. The Hall–Kier alpha value is -4.19. The predicted molar refractivity (Wildman–Crippen MR) is 343 cm³/mol. The molecule has 0 bridgehead atoms. The van der Waals surface area contributed by atoms with Crippen molar-refractivity contribution in [1.29, 1.82) is 0 Å². The molecule has 0 aromatic carbocycles. The lowest BCUT2D eigenvalue weighted by Gasteiger charge is -2.18. The van der Waals surface area contributed by atoms with Gasteiger partial charge >= 0.3 is 17.9 Å². The summed E-state index contributed by atoms with van der Waals surface area (Å²) in [6.45, 7) is 6.51. The van der Waals surface area contributed by atoms with Gasteiger partial charge in [0.05, 0.1) is 0 Å². The molecule has 0 N–H and O–H groups in total. The molecule has 1 atom stereocenters. The lowest BCUT2D eigenvalue weighted by molar-refractivity contribution is -0.167. The highest BCUT2D eigenvalue weighted by Gasteiger charge is 2.19. The number of ether oxygens (including phenoxy) is 3. The molecule has 1 unspecified atom stereocenters. The summed E-state index contributed by atoms with van der Waals surface area (Å²) in [5, 5.41) is 0. The summed E-state index contributed by atoms with van der Waals surface area (Å²) in [4.78, 5) is 38.2. The smallest absolute Gasteiger partial charge is 0.306 e. The van der Waals surface area contributed by atoms with Crippen molar-refractivity contribution in [3.63, 3.8) is 0 Å². The van der Waals surface area contributed by atoms with Crippen molar-refractivity contribution in [2.24, 2.45) is 0 Å². The number of rotatable bonds is 59. The molecule has 0 aromatic heterocycles. The normalized spacial score (nSPS) is 12.9. The van der Waals surface area contributed by atoms with Crippen LogP contribution in [0.1, 0.15) is 303 Å². The van der Waals surface area contributed by atoms with Gasteiger partial charge in [-0.1, -0.05) is 290 Å². The first-order chi connectivity index (χ1) is 39.0. The second-order valence-corrected chi connectivity index (χ2v) is 21.6. The molecule has 0 aliphatic rings. The minimum absolute atomic E-state index is 0.0848. The molecule has 6 heteroatoms. The molecule has 0 aliphatic heterocycles. The fourth-order valence-electron chi connectivity index (χ4n) is 9.02. The van der Waals surface area contributed by atoms with Crippen LogP contribution in [0.4, 0.5) is 0 Å². The van der Waals surface area contributed by atoms with Crippen molar-refractivity contribution in [1.82, 2.24) is 0 Å². The SMILES string of the molecule is CC/C=C\C/C=C\C/C=C\C/C=C\C/C=C\C/C=C\C/C=C\C/C=C\C/C=C\CCCCCCCC(=O)OCC(COC(=O)CCCCCCCCCCCCC)OC(=O)CCCCCCCCC/C=C\CCCCCCCC. The average Bonchev–Trinajstić information content (AvgIpc) is 3.45.